The lowest BCUT2D eigenvalue weighted by Crippen LogP contribution is -2.07. The number of nitrogens with zero attached hydrogens (tertiary/aromatic N) is 2. The molecule has 4 nitrogen and oxygen atoms in total. The molecule has 0 atom stereocenters. The van der Waals surface area contributed by atoms with Gasteiger partial charge in [-0.3, -0.25) is 4.79 Å². The van der Waals surface area contributed by atoms with E-state index in [0.717, 1.165) is 24.2 Å². The number of unbranched alkanes of at least 4 members (excludes halogenated alkanes) is 10. The third-order valence-electron chi connectivity index (χ3n) is 5.09. The summed E-state index contributed by atoms with van der Waals surface area (Å²) in [6.45, 7) is 2.26. The van der Waals surface area contributed by atoms with E-state index in [1.807, 2.05) is 30.3 Å². The molecule has 0 heterocycles. The zero-order valence-corrected chi connectivity index (χ0v) is 18.4. The molecule has 0 aromatic heterocycles. The van der Waals surface area contributed by atoms with Crippen molar-refractivity contribution in [2.45, 2.75) is 84.0 Å². The van der Waals surface area contributed by atoms with E-state index in [1.54, 1.807) is 24.3 Å². The van der Waals surface area contributed by atoms with Crippen LogP contribution >= 0.6 is 0 Å². The summed E-state index contributed by atoms with van der Waals surface area (Å²) >= 11 is 0. The first-order valence-corrected chi connectivity index (χ1v) is 11.6. The van der Waals surface area contributed by atoms with Crippen LogP contribution in [-0.4, -0.2) is 5.97 Å². The Hall–Kier alpha value is -2.49. The van der Waals surface area contributed by atoms with Crippen LogP contribution in [0, 0.1) is 0 Å². The van der Waals surface area contributed by atoms with Crippen molar-refractivity contribution in [3.05, 3.63) is 54.6 Å². The van der Waals surface area contributed by atoms with E-state index in [2.05, 4.69) is 17.2 Å². The van der Waals surface area contributed by atoms with Gasteiger partial charge in [-0.15, -0.1) is 0 Å². The van der Waals surface area contributed by atoms with Crippen molar-refractivity contribution in [2.75, 3.05) is 0 Å². The SMILES string of the molecule is CCCCCCCCCCCCCC(=O)Oc1ccc(N=Nc2ccccc2)cc1. The van der Waals surface area contributed by atoms with Gasteiger partial charge in [0.05, 0.1) is 11.4 Å². The number of carbonyl (C=O) groups excluding carboxylic acids is 1. The first kappa shape index (κ1) is 23.8. The minimum absolute atomic E-state index is 0.162. The van der Waals surface area contributed by atoms with Crippen molar-refractivity contribution in [2.24, 2.45) is 10.2 Å². The summed E-state index contributed by atoms with van der Waals surface area (Å²) < 4.78 is 5.41. The van der Waals surface area contributed by atoms with Gasteiger partial charge >= 0.3 is 5.97 Å². The highest BCUT2D eigenvalue weighted by atomic mass is 16.5. The molecule has 0 saturated heterocycles. The number of benzene rings is 2. The summed E-state index contributed by atoms with van der Waals surface area (Å²) in [4.78, 5) is 12.0. The highest BCUT2D eigenvalue weighted by molar-refractivity contribution is 5.72. The largest absolute Gasteiger partial charge is 0.427 e. The predicted octanol–water partition coefficient (Wildman–Crippen LogP) is 8.71. The lowest BCUT2D eigenvalue weighted by atomic mass is 10.1. The van der Waals surface area contributed by atoms with Crippen molar-refractivity contribution < 1.29 is 9.53 Å². The number of hydrogen-bond donors (Lipinski definition) is 0. The van der Waals surface area contributed by atoms with E-state index in [1.165, 1.54) is 57.8 Å². The fourth-order valence-electron chi connectivity index (χ4n) is 3.31. The van der Waals surface area contributed by atoms with Crippen LogP contribution in [0.15, 0.2) is 64.8 Å². The molecule has 2 aromatic rings. The van der Waals surface area contributed by atoms with Crippen LogP contribution in [0.3, 0.4) is 0 Å². The smallest absolute Gasteiger partial charge is 0.311 e. The van der Waals surface area contributed by atoms with Gasteiger partial charge in [0.2, 0.25) is 0 Å². The Bertz CT molecular complexity index is 726. The maximum atomic E-state index is 12.0. The fraction of sp³-hybridized carbons (Fsp3) is 0.500. The summed E-state index contributed by atoms with van der Waals surface area (Å²) in [5.41, 5.74) is 1.53. The second-order valence-electron chi connectivity index (χ2n) is 7.79. The second kappa shape index (κ2) is 15.4. The monoisotopic (exact) mass is 408 g/mol. The third kappa shape index (κ3) is 10.9. The van der Waals surface area contributed by atoms with Gasteiger partial charge in [-0.25, -0.2) is 0 Å². The van der Waals surface area contributed by atoms with Crippen molar-refractivity contribution in [3.8, 4) is 5.75 Å². The van der Waals surface area contributed by atoms with Crippen molar-refractivity contribution in [1.82, 2.24) is 0 Å². The second-order valence-corrected chi connectivity index (χ2v) is 7.79. The molecule has 162 valence electrons. The van der Waals surface area contributed by atoms with Gasteiger partial charge in [-0.2, -0.15) is 10.2 Å². The van der Waals surface area contributed by atoms with E-state index >= 15 is 0 Å². The number of carbonyl (C=O) groups is 1. The average molecular weight is 409 g/mol. The van der Waals surface area contributed by atoms with Crippen LogP contribution in [0.1, 0.15) is 84.0 Å². The quantitative estimate of drug-likeness (QED) is 0.128. The maximum absolute atomic E-state index is 12.0. The topological polar surface area (TPSA) is 51.0 Å². The molecule has 0 bridgehead atoms. The summed E-state index contributed by atoms with van der Waals surface area (Å²) in [6, 6.07) is 16.7. The van der Waals surface area contributed by atoms with E-state index in [0.29, 0.717) is 12.2 Å². The van der Waals surface area contributed by atoms with Gasteiger partial charge in [-0.1, -0.05) is 89.3 Å². The van der Waals surface area contributed by atoms with E-state index in [4.69, 9.17) is 4.74 Å². The van der Waals surface area contributed by atoms with Crippen LogP contribution in [0.4, 0.5) is 11.4 Å². The summed E-state index contributed by atoms with van der Waals surface area (Å²) in [7, 11) is 0. The standard InChI is InChI=1S/C26H36N2O2/c1-2-3-4-5-6-7-8-9-10-11-15-18-26(29)30-25-21-19-24(20-22-25)28-27-23-16-13-12-14-17-23/h12-14,16-17,19-22H,2-11,15,18H2,1H3. The molecule has 0 aliphatic carbocycles. The van der Waals surface area contributed by atoms with Crippen molar-refractivity contribution in [3.63, 3.8) is 0 Å². The summed E-state index contributed by atoms with van der Waals surface area (Å²) in [5, 5.41) is 8.37. The first-order valence-electron chi connectivity index (χ1n) is 11.6. The van der Waals surface area contributed by atoms with Gasteiger partial charge in [0.1, 0.15) is 5.75 Å². The summed E-state index contributed by atoms with van der Waals surface area (Å²) in [5.74, 6) is 0.395. The predicted molar refractivity (Wildman–Crippen MR) is 124 cm³/mol. The lowest BCUT2D eigenvalue weighted by molar-refractivity contribution is -0.134. The van der Waals surface area contributed by atoms with Gasteiger partial charge in [0, 0.05) is 6.42 Å². The molecule has 2 aromatic carbocycles. The number of esters is 1. The molecule has 0 spiro atoms. The molecule has 0 aliphatic rings. The van der Waals surface area contributed by atoms with Crippen LogP contribution < -0.4 is 4.74 Å². The molecule has 0 saturated carbocycles. The van der Waals surface area contributed by atoms with Crippen LogP contribution in [0.2, 0.25) is 0 Å². The highest BCUT2D eigenvalue weighted by Crippen LogP contribution is 2.21. The molecule has 0 N–H and O–H groups in total. The Morgan fingerprint density at radius 2 is 1.17 bits per heavy atom. The number of hydrogen-bond acceptors (Lipinski definition) is 4. The Balaban J connectivity index is 1.53. The Morgan fingerprint density at radius 3 is 1.73 bits per heavy atom. The van der Waals surface area contributed by atoms with Crippen molar-refractivity contribution in [1.29, 1.82) is 0 Å². The fourth-order valence-corrected chi connectivity index (χ4v) is 3.31. The molecule has 4 heteroatoms. The van der Waals surface area contributed by atoms with Crippen LogP contribution in [0.25, 0.3) is 0 Å². The Morgan fingerprint density at radius 1 is 0.667 bits per heavy atom. The van der Waals surface area contributed by atoms with Gasteiger partial charge < -0.3 is 4.74 Å². The Labute approximate surface area is 181 Å². The normalized spacial score (nSPS) is 11.1. The molecule has 0 amide bonds. The summed E-state index contributed by atoms with van der Waals surface area (Å²) in [6.07, 6.45) is 14.5. The number of rotatable bonds is 15. The van der Waals surface area contributed by atoms with Crippen molar-refractivity contribution >= 4 is 17.3 Å². The average Bonchev–Trinajstić information content (AvgIpc) is 2.78. The van der Waals surface area contributed by atoms with Crippen LogP contribution in [0.5, 0.6) is 5.75 Å². The molecule has 0 unspecified atom stereocenters. The minimum atomic E-state index is -0.162. The molecular weight excluding hydrogens is 372 g/mol. The molecule has 2 rings (SSSR count). The highest BCUT2D eigenvalue weighted by Gasteiger charge is 2.05. The zero-order valence-electron chi connectivity index (χ0n) is 18.4. The van der Waals surface area contributed by atoms with Gasteiger partial charge in [-0.05, 0) is 42.8 Å². The number of ether oxygens (including phenoxy) is 1. The molecule has 0 aliphatic heterocycles. The molecular formula is C26H36N2O2. The zero-order chi connectivity index (χ0) is 21.3. The maximum Gasteiger partial charge on any atom is 0.311 e. The molecule has 0 radical (unpaired) electrons. The van der Waals surface area contributed by atoms with Crippen LogP contribution in [-0.2, 0) is 4.79 Å². The van der Waals surface area contributed by atoms with E-state index in [-0.39, 0.29) is 5.97 Å². The minimum Gasteiger partial charge on any atom is -0.427 e. The first-order chi connectivity index (χ1) is 14.8. The van der Waals surface area contributed by atoms with Gasteiger partial charge in [0.25, 0.3) is 0 Å². The lowest BCUT2D eigenvalue weighted by Gasteiger charge is -2.05. The van der Waals surface area contributed by atoms with E-state index in [9.17, 15) is 4.79 Å². The van der Waals surface area contributed by atoms with E-state index < -0.39 is 0 Å². The molecule has 0 fully saturated rings. The Kier molecular flexibility index (Phi) is 12.2. The number of azo groups is 1. The third-order valence-corrected chi connectivity index (χ3v) is 5.09. The molecule has 30 heavy (non-hydrogen) atoms. The van der Waals surface area contributed by atoms with Gasteiger partial charge in [0.15, 0.2) is 0 Å².